The molecule has 120 valence electrons. The second kappa shape index (κ2) is 6.04. The number of hydrogen-bond donors (Lipinski definition) is 0. The highest BCUT2D eigenvalue weighted by Crippen LogP contribution is 2.48. The summed E-state index contributed by atoms with van der Waals surface area (Å²) in [7, 11) is 4.14. The minimum absolute atomic E-state index is 0.0259. The average Bonchev–Trinajstić information content (AvgIpc) is 2.50. The lowest BCUT2D eigenvalue weighted by atomic mass is 9.57. The van der Waals surface area contributed by atoms with Crippen molar-refractivity contribution in [3.05, 3.63) is 24.0 Å². The van der Waals surface area contributed by atoms with Crippen LogP contribution < -0.4 is 0 Å². The summed E-state index contributed by atoms with van der Waals surface area (Å²) in [6.45, 7) is 1.69. The van der Waals surface area contributed by atoms with Crippen LogP contribution in [0.2, 0.25) is 0 Å². The van der Waals surface area contributed by atoms with Gasteiger partial charge >= 0.3 is 5.97 Å². The van der Waals surface area contributed by atoms with Gasteiger partial charge in [-0.1, -0.05) is 12.2 Å². The standard InChI is InChI=1S/C16H20O6/c1-16-12(21-3)6-5-9(7-13(18)22-4)14(16)10(17)8-11(20-2)15(16)19/h5-6,8-9,12,14H,7H2,1-4H3/t9-,12-,14-,16+/m1/s1. The number of methoxy groups -OCH3 is 3. The molecule has 0 unspecified atom stereocenters. The smallest absolute Gasteiger partial charge is 0.306 e. The van der Waals surface area contributed by atoms with Gasteiger partial charge in [-0.25, -0.2) is 0 Å². The molecule has 0 amide bonds. The van der Waals surface area contributed by atoms with Crippen molar-refractivity contribution in [2.45, 2.75) is 19.4 Å². The fourth-order valence-corrected chi connectivity index (χ4v) is 3.44. The van der Waals surface area contributed by atoms with Gasteiger partial charge in [0, 0.05) is 19.1 Å². The number of rotatable bonds is 4. The number of Topliss-reactive ketones (excluding diaryl/α,β-unsaturated/α-hetero) is 1. The summed E-state index contributed by atoms with van der Waals surface area (Å²) in [5.41, 5.74) is -1.10. The first-order valence-electron chi connectivity index (χ1n) is 7.02. The Morgan fingerprint density at radius 1 is 1.23 bits per heavy atom. The molecule has 6 nitrogen and oxygen atoms in total. The Bertz CT molecular complexity index is 561. The van der Waals surface area contributed by atoms with E-state index in [1.807, 2.05) is 0 Å². The van der Waals surface area contributed by atoms with E-state index in [-0.39, 0.29) is 23.7 Å². The van der Waals surface area contributed by atoms with Crippen LogP contribution in [-0.2, 0) is 28.6 Å². The summed E-state index contributed by atoms with van der Waals surface area (Å²) in [6, 6.07) is 0. The van der Waals surface area contributed by atoms with Crippen molar-refractivity contribution in [1.82, 2.24) is 0 Å². The monoisotopic (exact) mass is 308 g/mol. The molecule has 0 saturated carbocycles. The van der Waals surface area contributed by atoms with Crippen LogP contribution in [0.15, 0.2) is 24.0 Å². The van der Waals surface area contributed by atoms with Crippen molar-refractivity contribution in [3.8, 4) is 0 Å². The normalized spacial score (nSPS) is 34.0. The van der Waals surface area contributed by atoms with E-state index in [2.05, 4.69) is 4.74 Å². The highest BCUT2D eigenvalue weighted by Gasteiger charge is 2.57. The van der Waals surface area contributed by atoms with E-state index in [1.54, 1.807) is 19.1 Å². The van der Waals surface area contributed by atoms with Crippen molar-refractivity contribution >= 4 is 17.5 Å². The first kappa shape index (κ1) is 16.4. The fraction of sp³-hybridized carbons (Fsp3) is 0.562. The van der Waals surface area contributed by atoms with E-state index in [4.69, 9.17) is 9.47 Å². The molecule has 6 heteroatoms. The third-order valence-electron chi connectivity index (χ3n) is 4.60. The number of ketones is 2. The number of esters is 1. The predicted molar refractivity (Wildman–Crippen MR) is 76.8 cm³/mol. The molecule has 0 aromatic carbocycles. The number of ether oxygens (including phenoxy) is 3. The van der Waals surface area contributed by atoms with E-state index in [9.17, 15) is 14.4 Å². The van der Waals surface area contributed by atoms with Crippen molar-refractivity contribution in [2.75, 3.05) is 21.3 Å². The van der Waals surface area contributed by atoms with Crippen LogP contribution in [0.3, 0.4) is 0 Å². The van der Waals surface area contributed by atoms with Crippen LogP contribution in [-0.4, -0.2) is 45.0 Å². The van der Waals surface area contributed by atoms with Crippen molar-refractivity contribution < 1.29 is 28.6 Å². The third kappa shape index (κ3) is 2.37. The van der Waals surface area contributed by atoms with E-state index in [0.717, 1.165) is 0 Å². The Kier molecular flexibility index (Phi) is 4.51. The summed E-state index contributed by atoms with van der Waals surface area (Å²) < 4.78 is 15.1. The molecule has 0 saturated heterocycles. The summed E-state index contributed by atoms with van der Waals surface area (Å²) in [4.78, 5) is 36.9. The largest absolute Gasteiger partial charge is 0.493 e. The van der Waals surface area contributed by atoms with E-state index >= 15 is 0 Å². The van der Waals surface area contributed by atoms with Crippen LogP contribution >= 0.6 is 0 Å². The molecular weight excluding hydrogens is 288 g/mol. The molecule has 2 aliphatic rings. The van der Waals surface area contributed by atoms with Gasteiger partial charge in [0.1, 0.15) is 0 Å². The van der Waals surface area contributed by atoms with Gasteiger partial charge < -0.3 is 14.2 Å². The maximum atomic E-state index is 12.8. The minimum atomic E-state index is -1.10. The van der Waals surface area contributed by atoms with Gasteiger partial charge in [-0.2, -0.15) is 0 Å². The van der Waals surface area contributed by atoms with Gasteiger partial charge in [-0.15, -0.1) is 0 Å². The Morgan fingerprint density at radius 3 is 2.45 bits per heavy atom. The van der Waals surface area contributed by atoms with Gasteiger partial charge in [0.05, 0.1) is 32.2 Å². The van der Waals surface area contributed by atoms with Crippen molar-refractivity contribution in [1.29, 1.82) is 0 Å². The molecule has 4 atom stereocenters. The van der Waals surface area contributed by atoms with Gasteiger partial charge in [0.2, 0.25) is 5.78 Å². The van der Waals surface area contributed by atoms with Crippen LogP contribution in [0.5, 0.6) is 0 Å². The zero-order chi connectivity index (χ0) is 16.5. The predicted octanol–water partition coefficient (Wildman–Crippen LogP) is 1.06. The maximum Gasteiger partial charge on any atom is 0.306 e. The van der Waals surface area contributed by atoms with Crippen molar-refractivity contribution in [2.24, 2.45) is 17.3 Å². The SMILES string of the molecule is COC(=O)C[C@H]1C=C[C@@H](OC)[C@]2(C)C(=O)C(OC)=CC(=O)[C@@H]12. The van der Waals surface area contributed by atoms with Gasteiger partial charge in [-0.3, -0.25) is 14.4 Å². The quantitative estimate of drug-likeness (QED) is 0.571. The topological polar surface area (TPSA) is 78.9 Å². The molecule has 0 fully saturated rings. The van der Waals surface area contributed by atoms with Gasteiger partial charge in [-0.05, 0) is 12.8 Å². The van der Waals surface area contributed by atoms with E-state index in [0.29, 0.717) is 0 Å². The highest BCUT2D eigenvalue weighted by molar-refractivity contribution is 6.12. The molecule has 0 bridgehead atoms. The van der Waals surface area contributed by atoms with Gasteiger partial charge in [0.25, 0.3) is 0 Å². The minimum Gasteiger partial charge on any atom is -0.493 e. The molecule has 22 heavy (non-hydrogen) atoms. The zero-order valence-electron chi connectivity index (χ0n) is 13.1. The summed E-state index contributed by atoms with van der Waals surface area (Å²) in [6.07, 6.45) is 4.19. The lowest BCUT2D eigenvalue weighted by Crippen LogP contribution is -2.56. The lowest BCUT2D eigenvalue weighted by Gasteiger charge is -2.46. The molecule has 0 spiro atoms. The lowest BCUT2D eigenvalue weighted by molar-refractivity contribution is -0.153. The summed E-state index contributed by atoms with van der Waals surface area (Å²) in [5.74, 6) is -2.00. The Morgan fingerprint density at radius 2 is 1.91 bits per heavy atom. The molecule has 0 radical (unpaired) electrons. The maximum absolute atomic E-state index is 12.8. The average molecular weight is 308 g/mol. The zero-order valence-corrected chi connectivity index (χ0v) is 13.1. The number of hydrogen-bond acceptors (Lipinski definition) is 6. The van der Waals surface area contributed by atoms with E-state index < -0.39 is 29.3 Å². The summed E-state index contributed by atoms with van der Waals surface area (Å²) >= 11 is 0. The number of carbonyl (C=O) groups excluding carboxylic acids is 3. The molecule has 2 rings (SSSR count). The first-order chi connectivity index (χ1) is 10.4. The molecule has 0 aliphatic heterocycles. The number of carbonyl (C=O) groups is 3. The third-order valence-corrected chi connectivity index (χ3v) is 4.60. The highest BCUT2D eigenvalue weighted by atomic mass is 16.5. The Balaban J connectivity index is 2.50. The Labute approximate surface area is 129 Å². The summed E-state index contributed by atoms with van der Waals surface area (Å²) in [5, 5.41) is 0. The number of allylic oxidation sites excluding steroid dienone is 3. The van der Waals surface area contributed by atoms with Crippen LogP contribution in [0, 0.1) is 17.3 Å². The van der Waals surface area contributed by atoms with Crippen LogP contribution in [0.25, 0.3) is 0 Å². The fourth-order valence-electron chi connectivity index (χ4n) is 3.44. The first-order valence-corrected chi connectivity index (χ1v) is 7.02. The van der Waals surface area contributed by atoms with E-state index in [1.165, 1.54) is 27.4 Å². The second-order valence-electron chi connectivity index (χ2n) is 5.69. The molecule has 0 N–H and O–H groups in total. The molecule has 0 heterocycles. The van der Waals surface area contributed by atoms with Crippen molar-refractivity contribution in [3.63, 3.8) is 0 Å². The molecule has 2 aliphatic carbocycles. The molecular formula is C16H20O6. The number of fused-ring (bicyclic) bond motifs is 1. The molecule has 0 aromatic heterocycles. The van der Waals surface area contributed by atoms with Crippen LogP contribution in [0.4, 0.5) is 0 Å². The second-order valence-corrected chi connectivity index (χ2v) is 5.69. The Hall–Kier alpha value is -1.95. The van der Waals surface area contributed by atoms with Crippen LogP contribution in [0.1, 0.15) is 13.3 Å². The van der Waals surface area contributed by atoms with Gasteiger partial charge in [0.15, 0.2) is 11.5 Å². The molecule has 0 aromatic rings.